The summed E-state index contributed by atoms with van der Waals surface area (Å²) >= 11 is 0. The third-order valence-corrected chi connectivity index (χ3v) is 3.74. The number of hydrogen-bond acceptors (Lipinski definition) is 3. The molecule has 0 unspecified atom stereocenters. The molecule has 118 valence electrons. The van der Waals surface area contributed by atoms with Gasteiger partial charge in [0.2, 0.25) is 11.8 Å². The maximum Gasteiger partial charge on any atom is 0.217 e. The quantitative estimate of drug-likeness (QED) is 0.778. The Balaban J connectivity index is 2.09. The molecule has 0 aliphatic carbocycles. The van der Waals surface area contributed by atoms with Crippen molar-refractivity contribution >= 4 is 33.8 Å². The molecule has 0 aliphatic rings. The van der Waals surface area contributed by atoms with Gasteiger partial charge >= 0.3 is 0 Å². The third-order valence-electron chi connectivity index (χ3n) is 3.74. The topological polar surface area (TPSA) is 71.3 Å². The fraction of sp³-hybridized carbons (Fsp3) is 0.222. The van der Waals surface area contributed by atoms with Crippen LogP contribution >= 0.6 is 0 Å². The SMILES string of the molecule is CC(=O)NCc1cccc2c1oc1c(CNC(C)=O)cccc12. The molecule has 0 bridgehead atoms. The number of rotatable bonds is 4. The highest BCUT2D eigenvalue weighted by Crippen LogP contribution is 2.32. The molecule has 0 fully saturated rings. The Morgan fingerprint density at radius 2 is 1.26 bits per heavy atom. The van der Waals surface area contributed by atoms with Gasteiger partial charge in [0.25, 0.3) is 0 Å². The number of benzene rings is 2. The van der Waals surface area contributed by atoms with Crippen molar-refractivity contribution < 1.29 is 14.0 Å². The van der Waals surface area contributed by atoms with Crippen LogP contribution < -0.4 is 10.6 Å². The fourth-order valence-electron chi connectivity index (χ4n) is 2.65. The van der Waals surface area contributed by atoms with Crippen LogP contribution in [-0.2, 0) is 22.7 Å². The summed E-state index contributed by atoms with van der Waals surface area (Å²) in [5.74, 6) is -0.158. The molecule has 0 aliphatic heterocycles. The van der Waals surface area contributed by atoms with Crippen molar-refractivity contribution in [2.45, 2.75) is 26.9 Å². The Morgan fingerprint density at radius 3 is 1.65 bits per heavy atom. The molecule has 2 aromatic carbocycles. The van der Waals surface area contributed by atoms with E-state index < -0.39 is 0 Å². The predicted molar refractivity (Wildman–Crippen MR) is 88.8 cm³/mol. The van der Waals surface area contributed by atoms with E-state index in [-0.39, 0.29) is 11.8 Å². The number of furan rings is 1. The highest BCUT2D eigenvalue weighted by atomic mass is 16.3. The van der Waals surface area contributed by atoms with Gasteiger partial charge in [-0.25, -0.2) is 0 Å². The lowest BCUT2D eigenvalue weighted by Crippen LogP contribution is -2.19. The molecular weight excluding hydrogens is 292 g/mol. The predicted octanol–water partition coefficient (Wildman–Crippen LogP) is 2.86. The summed E-state index contributed by atoms with van der Waals surface area (Å²) in [7, 11) is 0. The van der Waals surface area contributed by atoms with Gasteiger partial charge in [-0.15, -0.1) is 0 Å². The zero-order valence-electron chi connectivity index (χ0n) is 13.1. The summed E-state index contributed by atoms with van der Waals surface area (Å²) in [4.78, 5) is 22.3. The lowest BCUT2D eigenvalue weighted by molar-refractivity contribution is -0.119. The second kappa shape index (κ2) is 6.12. The van der Waals surface area contributed by atoms with Gasteiger partial charge in [0.05, 0.1) is 0 Å². The van der Waals surface area contributed by atoms with Gasteiger partial charge in [-0.2, -0.15) is 0 Å². The number of fused-ring (bicyclic) bond motifs is 3. The van der Waals surface area contributed by atoms with Crippen LogP contribution in [-0.4, -0.2) is 11.8 Å². The monoisotopic (exact) mass is 310 g/mol. The minimum atomic E-state index is -0.0792. The molecule has 5 nitrogen and oxygen atoms in total. The molecule has 2 N–H and O–H groups in total. The first-order chi connectivity index (χ1) is 11.1. The summed E-state index contributed by atoms with van der Waals surface area (Å²) in [6.07, 6.45) is 0. The molecule has 23 heavy (non-hydrogen) atoms. The summed E-state index contributed by atoms with van der Waals surface area (Å²) in [6.45, 7) is 3.83. The zero-order chi connectivity index (χ0) is 16.4. The first kappa shape index (κ1) is 15.1. The van der Waals surface area contributed by atoms with E-state index >= 15 is 0 Å². The molecule has 0 saturated carbocycles. The molecule has 0 saturated heterocycles. The number of para-hydroxylation sites is 2. The highest BCUT2D eigenvalue weighted by Gasteiger charge is 2.13. The first-order valence-electron chi connectivity index (χ1n) is 7.47. The fourth-order valence-corrected chi connectivity index (χ4v) is 2.65. The second-order valence-corrected chi connectivity index (χ2v) is 5.51. The van der Waals surface area contributed by atoms with Crippen LogP contribution in [0.25, 0.3) is 21.9 Å². The Morgan fingerprint density at radius 1 is 0.826 bits per heavy atom. The van der Waals surface area contributed by atoms with Gasteiger partial charge in [-0.1, -0.05) is 36.4 Å². The van der Waals surface area contributed by atoms with Crippen LogP contribution in [0.15, 0.2) is 40.8 Å². The van der Waals surface area contributed by atoms with Crippen molar-refractivity contribution in [1.82, 2.24) is 10.6 Å². The van der Waals surface area contributed by atoms with Crippen LogP contribution in [0.3, 0.4) is 0 Å². The van der Waals surface area contributed by atoms with Crippen molar-refractivity contribution in [1.29, 1.82) is 0 Å². The standard InChI is InChI=1S/C18H18N2O3/c1-11(21)19-9-13-5-3-7-15-16-8-4-6-14(10-20-12(2)22)18(16)23-17(13)15/h3-8H,9-10H2,1-2H3,(H,19,21)(H,20,22). The minimum absolute atomic E-state index is 0.0792. The summed E-state index contributed by atoms with van der Waals surface area (Å²) < 4.78 is 6.08. The van der Waals surface area contributed by atoms with Crippen molar-refractivity contribution in [3.8, 4) is 0 Å². The molecule has 3 rings (SSSR count). The molecule has 2 amide bonds. The van der Waals surface area contributed by atoms with Crippen LogP contribution in [0.2, 0.25) is 0 Å². The van der Waals surface area contributed by atoms with Crippen LogP contribution in [0.5, 0.6) is 0 Å². The second-order valence-electron chi connectivity index (χ2n) is 5.51. The molecule has 1 heterocycles. The third kappa shape index (κ3) is 3.04. The van der Waals surface area contributed by atoms with Crippen LogP contribution in [0.4, 0.5) is 0 Å². The van der Waals surface area contributed by atoms with E-state index in [1.54, 1.807) is 0 Å². The molecule has 0 atom stereocenters. The van der Waals surface area contributed by atoms with E-state index in [2.05, 4.69) is 10.6 Å². The summed E-state index contributed by atoms with van der Waals surface area (Å²) in [6, 6.07) is 11.8. The maximum absolute atomic E-state index is 11.1. The van der Waals surface area contributed by atoms with E-state index in [1.807, 2.05) is 36.4 Å². The normalized spacial score (nSPS) is 10.9. The molecule has 3 aromatic rings. The van der Waals surface area contributed by atoms with Crippen molar-refractivity contribution in [3.63, 3.8) is 0 Å². The van der Waals surface area contributed by atoms with Gasteiger partial charge in [0, 0.05) is 48.8 Å². The van der Waals surface area contributed by atoms with E-state index in [0.29, 0.717) is 13.1 Å². The molecule has 0 radical (unpaired) electrons. The minimum Gasteiger partial charge on any atom is -0.455 e. The van der Waals surface area contributed by atoms with Crippen molar-refractivity contribution in [3.05, 3.63) is 47.5 Å². The number of carbonyl (C=O) groups excluding carboxylic acids is 2. The molecule has 0 spiro atoms. The lowest BCUT2D eigenvalue weighted by atomic mass is 10.1. The van der Waals surface area contributed by atoms with Crippen molar-refractivity contribution in [2.24, 2.45) is 0 Å². The summed E-state index contributed by atoms with van der Waals surface area (Å²) in [5.41, 5.74) is 3.40. The largest absolute Gasteiger partial charge is 0.455 e. The first-order valence-corrected chi connectivity index (χ1v) is 7.47. The Kier molecular flexibility index (Phi) is 4.02. The van der Waals surface area contributed by atoms with Gasteiger partial charge in [0.1, 0.15) is 11.2 Å². The molecule has 1 aromatic heterocycles. The number of nitrogens with one attached hydrogen (secondary N) is 2. The van der Waals surface area contributed by atoms with E-state index in [1.165, 1.54) is 13.8 Å². The van der Waals surface area contributed by atoms with Gasteiger partial charge in [0.15, 0.2) is 0 Å². The maximum atomic E-state index is 11.1. The smallest absolute Gasteiger partial charge is 0.217 e. The number of hydrogen-bond donors (Lipinski definition) is 2. The Labute approximate surface area is 133 Å². The van der Waals surface area contributed by atoms with Gasteiger partial charge < -0.3 is 15.1 Å². The van der Waals surface area contributed by atoms with E-state index in [0.717, 1.165) is 33.1 Å². The average molecular weight is 310 g/mol. The van der Waals surface area contributed by atoms with Crippen LogP contribution in [0.1, 0.15) is 25.0 Å². The van der Waals surface area contributed by atoms with E-state index in [4.69, 9.17) is 4.42 Å². The van der Waals surface area contributed by atoms with E-state index in [9.17, 15) is 9.59 Å². The van der Waals surface area contributed by atoms with Gasteiger partial charge in [-0.05, 0) is 0 Å². The highest BCUT2D eigenvalue weighted by molar-refractivity contribution is 6.06. The Bertz CT molecular complexity index is 824. The lowest BCUT2D eigenvalue weighted by Gasteiger charge is -2.03. The number of amides is 2. The molecule has 5 heteroatoms. The average Bonchev–Trinajstić information content (AvgIpc) is 2.90. The van der Waals surface area contributed by atoms with Gasteiger partial charge in [-0.3, -0.25) is 9.59 Å². The number of carbonyl (C=O) groups is 2. The van der Waals surface area contributed by atoms with Crippen LogP contribution in [0, 0.1) is 0 Å². The Hall–Kier alpha value is -2.82. The summed E-state index contributed by atoms with van der Waals surface area (Å²) in [5, 5.41) is 7.61. The van der Waals surface area contributed by atoms with Crippen molar-refractivity contribution in [2.75, 3.05) is 0 Å². The molecular formula is C18H18N2O3. The zero-order valence-corrected chi connectivity index (χ0v) is 13.1.